The number of sulfone groups is 1. The third kappa shape index (κ3) is 4.98. The van der Waals surface area contributed by atoms with Gasteiger partial charge in [0.25, 0.3) is 0 Å². The van der Waals surface area contributed by atoms with Crippen LogP contribution in [0.2, 0.25) is 0 Å². The Bertz CT molecular complexity index is 270. The van der Waals surface area contributed by atoms with Crippen LogP contribution in [0.5, 0.6) is 0 Å². The second kappa shape index (κ2) is 5.85. The molecule has 1 aliphatic carbocycles. The van der Waals surface area contributed by atoms with Gasteiger partial charge in [-0.3, -0.25) is 0 Å². The SMILES string of the molecule is CCS(=O)(=O)CCCC(N)CC1CCC1. The van der Waals surface area contributed by atoms with E-state index in [0.29, 0.717) is 5.75 Å². The smallest absolute Gasteiger partial charge is 0.150 e. The first-order valence-electron chi connectivity index (χ1n) is 5.99. The van der Waals surface area contributed by atoms with Crippen LogP contribution >= 0.6 is 0 Å². The summed E-state index contributed by atoms with van der Waals surface area (Å²) in [5, 5.41) is 0. The fraction of sp³-hybridized carbons (Fsp3) is 1.00. The minimum Gasteiger partial charge on any atom is -0.328 e. The molecule has 0 spiro atoms. The Morgan fingerprint density at radius 3 is 2.53 bits per heavy atom. The van der Waals surface area contributed by atoms with Gasteiger partial charge in [0.05, 0.1) is 5.75 Å². The molecule has 90 valence electrons. The maximum absolute atomic E-state index is 11.2. The van der Waals surface area contributed by atoms with E-state index in [0.717, 1.165) is 25.2 Å². The monoisotopic (exact) mass is 233 g/mol. The van der Waals surface area contributed by atoms with E-state index < -0.39 is 9.84 Å². The average Bonchev–Trinajstić information content (AvgIpc) is 2.11. The maximum atomic E-state index is 11.2. The fourth-order valence-electron chi connectivity index (χ4n) is 1.98. The zero-order chi connectivity index (χ0) is 11.3. The summed E-state index contributed by atoms with van der Waals surface area (Å²) in [6.07, 6.45) is 6.66. The van der Waals surface area contributed by atoms with E-state index in [1.54, 1.807) is 6.92 Å². The van der Waals surface area contributed by atoms with Crippen LogP contribution < -0.4 is 5.73 Å². The van der Waals surface area contributed by atoms with E-state index in [4.69, 9.17) is 5.73 Å². The molecule has 3 nitrogen and oxygen atoms in total. The van der Waals surface area contributed by atoms with Crippen molar-refractivity contribution in [3.05, 3.63) is 0 Å². The molecule has 0 aromatic carbocycles. The van der Waals surface area contributed by atoms with Gasteiger partial charge in [0.15, 0.2) is 0 Å². The molecule has 0 amide bonds. The molecule has 1 atom stereocenters. The lowest BCUT2D eigenvalue weighted by Gasteiger charge is -2.28. The van der Waals surface area contributed by atoms with Gasteiger partial charge in [0.1, 0.15) is 9.84 Å². The number of hydrogen-bond acceptors (Lipinski definition) is 3. The third-order valence-electron chi connectivity index (χ3n) is 3.33. The maximum Gasteiger partial charge on any atom is 0.150 e. The molecule has 1 aliphatic rings. The third-order valence-corrected chi connectivity index (χ3v) is 5.12. The second-order valence-electron chi connectivity index (χ2n) is 4.67. The first-order valence-corrected chi connectivity index (χ1v) is 7.81. The van der Waals surface area contributed by atoms with Crippen molar-refractivity contribution in [2.45, 2.75) is 51.5 Å². The normalized spacial score (nSPS) is 19.9. The summed E-state index contributed by atoms with van der Waals surface area (Å²) in [5.74, 6) is 1.38. The van der Waals surface area contributed by atoms with E-state index in [9.17, 15) is 8.42 Å². The van der Waals surface area contributed by atoms with Crippen molar-refractivity contribution in [2.75, 3.05) is 11.5 Å². The van der Waals surface area contributed by atoms with Crippen LogP contribution in [-0.4, -0.2) is 26.0 Å². The van der Waals surface area contributed by atoms with Crippen LogP contribution in [0.1, 0.15) is 45.4 Å². The standard InChI is InChI=1S/C11H23NO2S/c1-2-15(13,14)8-4-7-11(12)9-10-5-3-6-10/h10-11H,2-9,12H2,1H3. The van der Waals surface area contributed by atoms with Crippen LogP contribution in [-0.2, 0) is 9.84 Å². The molecule has 1 rings (SSSR count). The van der Waals surface area contributed by atoms with Gasteiger partial charge in [0, 0.05) is 11.8 Å². The molecule has 0 radical (unpaired) electrons. The Kier molecular flexibility index (Phi) is 5.06. The summed E-state index contributed by atoms with van der Waals surface area (Å²) in [7, 11) is -2.79. The van der Waals surface area contributed by atoms with Crippen LogP contribution in [0, 0.1) is 5.92 Å². The van der Waals surface area contributed by atoms with Gasteiger partial charge in [0.2, 0.25) is 0 Å². The van der Waals surface area contributed by atoms with Gasteiger partial charge in [-0.05, 0) is 25.2 Å². The van der Waals surface area contributed by atoms with Gasteiger partial charge in [-0.2, -0.15) is 0 Å². The van der Waals surface area contributed by atoms with E-state index >= 15 is 0 Å². The van der Waals surface area contributed by atoms with E-state index in [-0.39, 0.29) is 11.8 Å². The predicted molar refractivity (Wildman–Crippen MR) is 63.5 cm³/mol. The highest BCUT2D eigenvalue weighted by Gasteiger charge is 2.20. The summed E-state index contributed by atoms with van der Waals surface area (Å²) in [4.78, 5) is 0. The molecule has 0 aromatic rings. The molecule has 0 saturated heterocycles. The first-order chi connectivity index (χ1) is 7.03. The Hall–Kier alpha value is -0.0900. The van der Waals surface area contributed by atoms with Crippen molar-refractivity contribution in [2.24, 2.45) is 11.7 Å². The summed E-state index contributed by atoms with van der Waals surface area (Å²) < 4.78 is 22.5. The van der Waals surface area contributed by atoms with E-state index in [1.807, 2.05) is 0 Å². The topological polar surface area (TPSA) is 60.2 Å². The van der Waals surface area contributed by atoms with Crippen molar-refractivity contribution < 1.29 is 8.42 Å². The quantitative estimate of drug-likeness (QED) is 0.728. The van der Waals surface area contributed by atoms with Gasteiger partial charge >= 0.3 is 0 Å². The number of nitrogens with two attached hydrogens (primary N) is 1. The summed E-state index contributed by atoms with van der Waals surface area (Å²) in [5.41, 5.74) is 5.96. The zero-order valence-electron chi connectivity index (χ0n) is 9.61. The molecule has 1 unspecified atom stereocenters. The van der Waals surface area contributed by atoms with Gasteiger partial charge in [-0.25, -0.2) is 8.42 Å². The molecular weight excluding hydrogens is 210 g/mol. The minimum absolute atomic E-state index is 0.211. The molecule has 1 saturated carbocycles. The van der Waals surface area contributed by atoms with E-state index in [1.165, 1.54) is 19.3 Å². The largest absolute Gasteiger partial charge is 0.328 e. The van der Waals surface area contributed by atoms with Crippen molar-refractivity contribution >= 4 is 9.84 Å². The minimum atomic E-state index is -2.79. The Morgan fingerprint density at radius 2 is 2.07 bits per heavy atom. The van der Waals surface area contributed by atoms with Crippen LogP contribution in [0.25, 0.3) is 0 Å². The lowest BCUT2D eigenvalue weighted by Crippen LogP contribution is -2.27. The molecule has 4 heteroatoms. The molecule has 0 aromatic heterocycles. The van der Waals surface area contributed by atoms with Crippen LogP contribution in [0.3, 0.4) is 0 Å². The Morgan fingerprint density at radius 1 is 1.40 bits per heavy atom. The first kappa shape index (κ1) is 13.0. The fourth-order valence-corrected chi connectivity index (χ4v) is 2.88. The average molecular weight is 233 g/mol. The Balaban J connectivity index is 2.08. The highest BCUT2D eigenvalue weighted by atomic mass is 32.2. The Labute approximate surface area is 93.3 Å². The highest BCUT2D eigenvalue weighted by molar-refractivity contribution is 7.91. The second-order valence-corrected chi connectivity index (χ2v) is 7.14. The summed E-state index contributed by atoms with van der Waals surface area (Å²) in [6.45, 7) is 1.70. The van der Waals surface area contributed by atoms with Crippen molar-refractivity contribution in [3.63, 3.8) is 0 Å². The molecule has 1 fully saturated rings. The van der Waals surface area contributed by atoms with Crippen molar-refractivity contribution in [1.82, 2.24) is 0 Å². The van der Waals surface area contributed by atoms with Crippen molar-refractivity contribution in [3.8, 4) is 0 Å². The lowest BCUT2D eigenvalue weighted by atomic mass is 9.80. The molecule has 0 heterocycles. The predicted octanol–water partition coefficient (Wildman–Crippen LogP) is 1.72. The van der Waals surface area contributed by atoms with Crippen molar-refractivity contribution in [1.29, 1.82) is 0 Å². The molecule has 0 aliphatic heterocycles. The highest BCUT2D eigenvalue weighted by Crippen LogP contribution is 2.30. The summed E-state index contributed by atoms with van der Waals surface area (Å²) >= 11 is 0. The zero-order valence-corrected chi connectivity index (χ0v) is 10.4. The number of hydrogen-bond donors (Lipinski definition) is 1. The molecule has 2 N–H and O–H groups in total. The molecular formula is C11H23NO2S. The number of rotatable bonds is 7. The van der Waals surface area contributed by atoms with Crippen LogP contribution in [0.4, 0.5) is 0 Å². The summed E-state index contributed by atoms with van der Waals surface area (Å²) in [6, 6.07) is 0.211. The van der Waals surface area contributed by atoms with Gasteiger partial charge < -0.3 is 5.73 Å². The lowest BCUT2D eigenvalue weighted by molar-refractivity contribution is 0.271. The van der Waals surface area contributed by atoms with Gasteiger partial charge in [-0.15, -0.1) is 0 Å². The van der Waals surface area contributed by atoms with Crippen LogP contribution in [0.15, 0.2) is 0 Å². The molecule has 15 heavy (non-hydrogen) atoms. The van der Waals surface area contributed by atoms with Gasteiger partial charge in [-0.1, -0.05) is 26.2 Å². The molecule has 0 bridgehead atoms. The van der Waals surface area contributed by atoms with E-state index in [2.05, 4.69) is 0 Å².